The summed E-state index contributed by atoms with van der Waals surface area (Å²) in [5.74, 6) is 0. The van der Waals surface area contributed by atoms with Crippen LogP contribution in [0.4, 0.5) is 17.1 Å². The van der Waals surface area contributed by atoms with E-state index in [2.05, 4.69) is 163 Å². The van der Waals surface area contributed by atoms with Crippen molar-refractivity contribution in [2.45, 2.75) is 97.8 Å². The number of allylic oxidation sites excluding steroid dienone is 5. The highest BCUT2D eigenvalue weighted by molar-refractivity contribution is 6.41. The first-order valence-electron chi connectivity index (χ1n) is 22.0. The van der Waals surface area contributed by atoms with E-state index < -0.39 is 0 Å². The normalized spacial score (nSPS) is 17.9. The molecule has 5 aliphatic rings. The number of nitrogens with zero attached hydrogens (tertiary/aromatic N) is 1. The van der Waals surface area contributed by atoms with Crippen LogP contribution in [-0.2, 0) is 23.7 Å². The summed E-state index contributed by atoms with van der Waals surface area (Å²) in [6.45, 7) is 16.5. The zero-order valence-corrected chi connectivity index (χ0v) is 36.2. The average Bonchev–Trinajstić information content (AvgIpc) is 3.79. The summed E-state index contributed by atoms with van der Waals surface area (Å²) < 4.78 is 0. The minimum atomic E-state index is 0.0350. The fraction of sp³-hybridized carbons (Fsp3) is 0.263. The second-order valence-electron chi connectivity index (χ2n) is 19.6. The quantitative estimate of drug-likeness (QED) is 0.181. The molecule has 294 valence electrons. The number of hydrogen-bond donors (Lipinski definition) is 1. The molecular formula is C57H53BN2. The number of hydrogen-bond acceptors (Lipinski definition) is 2. The number of nitrogens with two attached hydrogens (primary N) is 1. The van der Waals surface area contributed by atoms with E-state index in [4.69, 9.17) is 13.6 Å². The van der Waals surface area contributed by atoms with Gasteiger partial charge in [0.1, 0.15) is 7.85 Å². The van der Waals surface area contributed by atoms with Gasteiger partial charge in [0.25, 0.3) is 0 Å². The van der Waals surface area contributed by atoms with Gasteiger partial charge >= 0.3 is 0 Å². The Morgan fingerprint density at radius 2 is 1.27 bits per heavy atom. The molecule has 0 saturated carbocycles. The van der Waals surface area contributed by atoms with Crippen molar-refractivity contribution in [1.29, 1.82) is 0 Å². The van der Waals surface area contributed by atoms with Crippen molar-refractivity contribution in [3.8, 4) is 22.3 Å². The highest BCUT2D eigenvalue weighted by Crippen LogP contribution is 2.57. The standard InChI is InChI=1S/C57H53BN2/c1-32-15-8-11-18-38(32)55(59)34(3)39-21-14-22-42-52(39)46-28-37-26-35-16-9-12-19-40(35)43(37)29-50(46)60(49-31-48-47(25-33(49)2)56(4,5)23-24-57(48,6)7)51-30-44-41-20-13-10-17-36(41)27-45(44)53(42)54(51)58/h8-13,15-20,22,25,28-31H,14,21,23-24,26-27,59H2,1-7H3/b55-34-. The molecule has 3 heteroatoms. The van der Waals surface area contributed by atoms with Gasteiger partial charge in [-0.3, -0.25) is 0 Å². The molecule has 0 saturated heterocycles. The van der Waals surface area contributed by atoms with Crippen LogP contribution in [0.1, 0.15) is 121 Å². The highest BCUT2D eigenvalue weighted by atomic mass is 15.2. The lowest BCUT2D eigenvalue weighted by Gasteiger charge is -2.44. The molecule has 0 unspecified atom stereocenters. The first-order chi connectivity index (χ1) is 28.8. The van der Waals surface area contributed by atoms with E-state index in [0.717, 1.165) is 60.1 Å². The minimum absolute atomic E-state index is 0.0350. The molecule has 1 aliphatic heterocycles. The molecule has 0 spiro atoms. The monoisotopic (exact) mass is 776 g/mol. The predicted octanol–water partition coefficient (Wildman–Crippen LogP) is 13.4. The maximum absolute atomic E-state index is 7.84. The lowest BCUT2D eigenvalue weighted by molar-refractivity contribution is 0.332. The summed E-state index contributed by atoms with van der Waals surface area (Å²) in [7, 11) is 7.84. The van der Waals surface area contributed by atoms with E-state index in [1.807, 2.05) is 0 Å². The first-order valence-corrected chi connectivity index (χ1v) is 22.0. The first kappa shape index (κ1) is 37.2. The molecule has 2 radical (unpaired) electrons. The van der Waals surface area contributed by atoms with Gasteiger partial charge in [0.15, 0.2) is 0 Å². The second-order valence-corrected chi connectivity index (χ2v) is 19.6. The average molecular weight is 777 g/mol. The van der Waals surface area contributed by atoms with Gasteiger partial charge in [0.2, 0.25) is 0 Å². The fourth-order valence-electron chi connectivity index (χ4n) is 11.6. The van der Waals surface area contributed by atoms with Crippen LogP contribution in [0.5, 0.6) is 0 Å². The van der Waals surface area contributed by atoms with Crippen LogP contribution >= 0.6 is 0 Å². The minimum Gasteiger partial charge on any atom is -0.398 e. The molecule has 2 bridgehead atoms. The summed E-state index contributed by atoms with van der Waals surface area (Å²) >= 11 is 0. The van der Waals surface area contributed by atoms with E-state index in [1.165, 1.54) is 112 Å². The molecule has 0 aromatic heterocycles. The van der Waals surface area contributed by atoms with Crippen molar-refractivity contribution < 1.29 is 0 Å². The summed E-state index contributed by atoms with van der Waals surface area (Å²) in [4.78, 5) is 2.57. The van der Waals surface area contributed by atoms with Gasteiger partial charge in [-0.2, -0.15) is 0 Å². The van der Waals surface area contributed by atoms with Crippen molar-refractivity contribution in [3.05, 3.63) is 182 Å². The van der Waals surface area contributed by atoms with Crippen molar-refractivity contribution >= 4 is 47.2 Å². The predicted molar refractivity (Wildman–Crippen MR) is 255 cm³/mol. The third kappa shape index (κ3) is 5.33. The topological polar surface area (TPSA) is 29.3 Å². The van der Waals surface area contributed by atoms with Crippen molar-refractivity contribution in [2.24, 2.45) is 5.73 Å². The van der Waals surface area contributed by atoms with Gasteiger partial charge in [0, 0.05) is 28.2 Å². The van der Waals surface area contributed by atoms with E-state index in [-0.39, 0.29) is 10.8 Å². The zero-order valence-electron chi connectivity index (χ0n) is 36.2. The molecule has 60 heavy (non-hydrogen) atoms. The summed E-state index contributed by atoms with van der Waals surface area (Å²) in [5.41, 5.74) is 37.2. The van der Waals surface area contributed by atoms with Crippen LogP contribution < -0.4 is 16.1 Å². The molecule has 4 aliphatic carbocycles. The summed E-state index contributed by atoms with van der Waals surface area (Å²) in [6, 6.07) is 39.0. The molecule has 2 nitrogen and oxygen atoms in total. The zero-order chi connectivity index (χ0) is 41.4. The molecule has 0 fully saturated rings. The van der Waals surface area contributed by atoms with E-state index in [9.17, 15) is 0 Å². The summed E-state index contributed by atoms with van der Waals surface area (Å²) in [5, 5.41) is 0. The Bertz CT molecular complexity index is 2980. The van der Waals surface area contributed by atoms with E-state index in [1.54, 1.807) is 0 Å². The van der Waals surface area contributed by atoms with Gasteiger partial charge in [-0.15, -0.1) is 0 Å². The van der Waals surface area contributed by atoms with Gasteiger partial charge in [0.05, 0.1) is 5.69 Å². The van der Waals surface area contributed by atoms with E-state index >= 15 is 0 Å². The van der Waals surface area contributed by atoms with Crippen molar-refractivity contribution in [3.63, 3.8) is 0 Å². The smallest absolute Gasteiger partial charge is 0.117 e. The Labute approximate surface area is 358 Å². The molecular weight excluding hydrogens is 723 g/mol. The van der Waals surface area contributed by atoms with Crippen molar-refractivity contribution in [2.75, 3.05) is 4.90 Å². The SMILES string of the molecule is [B]c1c2cc3c(c1C1=CCCC(/C(C)=C(\N)c4ccccc4C)=C1c1cc4c(cc1N2c1cc2c(cc1C)C(C)(C)CCC2(C)C)-c1ccccc1C4)Cc1ccccc1-3. The molecule has 6 aromatic rings. The summed E-state index contributed by atoms with van der Waals surface area (Å²) in [6.07, 6.45) is 8.41. The van der Waals surface area contributed by atoms with Crippen LogP contribution in [0.3, 0.4) is 0 Å². The van der Waals surface area contributed by atoms with Crippen LogP contribution in [0.25, 0.3) is 39.1 Å². The van der Waals surface area contributed by atoms with Crippen LogP contribution in [0, 0.1) is 13.8 Å². The Morgan fingerprint density at radius 1 is 0.633 bits per heavy atom. The lowest BCUT2D eigenvalue weighted by atomic mass is 9.62. The molecule has 6 aromatic carbocycles. The maximum Gasteiger partial charge on any atom is 0.117 e. The Balaban J connectivity index is 1.30. The third-order valence-electron chi connectivity index (χ3n) is 15.1. The number of aryl methyl sites for hydroxylation is 2. The van der Waals surface area contributed by atoms with Crippen molar-refractivity contribution in [1.82, 2.24) is 0 Å². The number of benzene rings is 6. The van der Waals surface area contributed by atoms with Crippen LogP contribution in [0.2, 0.25) is 0 Å². The van der Waals surface area contributed by atoms with Gasteiger partial charge in [-0.25, -0.2) is 0 Å². The third-order valence-corrected chi connectivity index (χ3v) is 15.1. The lowest BCUT2D eigenvalue weighted by Crippen LogP contribution is -2.34. The molecule has 1 heterocycles. The Hall–Kier alpha value is -5.80. The maximum atomic E-state index is 7.84. The molecule has 0 atom stereocenters. The second kappa shape index (κ2) is 13.1. The number of fused-ring (bicyclic) bond motifs is 14. The van der Waals surface area contributed by atoms with Crippen LogP contribution in [-0.4, -0.2) is 7.85 Å². The van der Waals surface area contributed by atoms with E-state index in [0.29, 0.717) is 0 Å². The van der Waals surface area contributed by atoms with Crippen LogP contribution in [0.15, 0.2) is 120 Å². The number of rotatable bonds is 3. The largest absolute Gasteiger partial charge is 0.398 e. The molecule has 0 amide bonds. The van der Waals surface area contributed by atoms with Gasteiger partial charge in [-0.05, 0) is 189 Å². The highest BCUT2D eigenvalue weighted by Gasteiger charge is 2.40. The van der Waals surface area contributed by atoms with Gasteiger partial charge < -0.3 is 10.6 Å². The van der Waals surface area contributed by atoms with Gasteiger partial charge in [-0.1, -0.05) is 118 Å². The fourth-order valence-corrected chi connectivity index (χ4v) is 11.6. The Morgan fingerprint density at radius 3 is 2.00 bits per heavy atom. The molecule has 2 N–H and O–H groups in total. The number of anilines is 3. The Kier molecular flexibility index (Phi) is 8.13. The molecule has 11 rings (SSSR count).